The molecule has 168 valence electrons. The van der Waals surface area contributed by atoms with Crippen LogP contribution in [-0.2, 0) is 11.3 Å². The number of benzene rings is 3. The summed E-state index contributed by atoms with van der Waals surface area (Å²) < 4.78 is 1.11. The fourth-order valence-corrected chi connectivity index (χ4v) is 5.32. The Morgan fingerprint density at radius 3 is 2.15 bits per heavy atom. The highest BCUT2D eigenvalue weighted by molar-refractivity contribution is 7.22. The van der Waals surface area contributed by atoms with Gasteiger partial charge in [0.15, 0.2) is 5.13 Å². The van der Waals surface area contributed by atoms with E-state index in [9.17, 15) is 4.79 Å². The number of thiazole rings is 1. The number of amides is 1. The van der Waals surface area contributed by atoms with Crippen molar-refractivity contribution in [1.29, 1.82) is 0 Å². The highest BCUT2D eigenvalue weighted by atomic mass is 32.1. The van der Waals surface area contributed by atoms with Gasteiger partial charge in [-0.2, -0.15) is 0 Å². The normalized spacial score (nSPS) is 11.1. The first-order chi connectivity index (χ1) is 16.6. The minimum absolute atomic E-state index is 0.0171. The molecular weight excluding hydrogens is 438 g/mol. The maximum atomic E-state index is 14.3. The van der Waals surface area contributed by atoms with Crippen LogP contribution in [0.4, 0.5) is 5.13 Å². The summed E-state index contributed by atoms with van der Waals surface area (Å²) in [6.07, 6.45) is 1.76. The Labute approximate surface area is 203 Å². The molecule has 5 heteroatoms. The molecule has 34 heavy (non-hydrogen) atoms. The molecule has 0 fully saturated rings. The smallest absolute Gasteiger partial charge is 0.241 e. The number of fused-ring (bicyclic) bond motifs is 1. The summed E-state index contributed by atoms with van der Waals surface area (Å²) in [7, 11) is 0. The summed E-state index contributed by atoms with van der Waals surface area (Å²) in [5, 5.41) is 0.691. The second kappa shape index (κ2) is 9.57. The second-order valence-electron chi connectivity index (χ2n) is 8.43. The molecule has 5 aromatic rings. The molecule has 0 saturated heterocycles. The third-order valence-electron chi connectivity index (χ3n) is 5.86. The Kier molecular flexibility index (Phi) is 6.19. The van der Waals surface area contributed by atoms with Crippen LogP contribution in [0.15, 0.2) is 97.2 Å². The fourth-order valence-electron chi connectivity index (χ4n) is 4.30. The van der Waals surface area contributed by atoms with Gasteiger partial charge in [-0.25, -0.2) is 4.98 Å². The summed E-state index contributed by atoms with van der Waals surface area (Å²) in [5.41, 5.74) is 5.99. The van der Waals surface area contributed by atoms with Gasteiger partial charge in [-0.3, -0.25) is 14.7 Å². The highest BCUT2D eigenvalue weighted by Crippen LogP contribution is 2.36. The molecule has 0 aliphatic heterocycles. The van der Waals surface area contributed by atoms with Crippen LogP contribution < -0.4 is 4.90 Å². The average Bonchev–Trinajstić information content (AvgIpc) is 3.29. The molecule has 0 N–H and O–H groups in total. The minimum Gasteiger partial charge on any atom is -0.281 e. The molecule has 2 heterocycles. The summed E-state index contributed by atoms with van der Waals surface area (Å²) in [6.45, 7) is 4.52. The van der Waals surface area contributed by atoms with E-state index in [1.54, 1.807) is 22.4 Å². The van der Waals surface area contributed by atoms with Crippen molar-refractivity contribution in [3.63, 3.8) is 0 Å². The van der Waals surface area contributed by atoms with Crippen LogP contribution in [0.3, 0.4) is 0 Å². The van der Waals surface area contributed by atoms with E-state index >= 15 is 0 Å². The number of hydrogen-bond donors (Lipinski definition) is 0. The van der Waals surface area contributed by atoms with Gasteiger partial charge in [-0.1, -0.05) is 84.1 Å². The largest absolute Gasteiger partial charge is 0.281 e. The van der Waals surface area contributed by atoms with E-state index in [2.05, 4.69) is 31.0 Å². The van der Waals surface area contributed by atoms with Crippen molar-refractivity contribution >= 4 is 32.6 Å². The van der Waals surface area contributed by atoms with E-state index in [0.29, 0.717) is 11.7 Å². The number of aryl methyl sites for hydroxylation is 2. The predicted molar refractivity (Wildman–Crippen MR) is 139 cm³/mol. The van der Waals surface area contributed by atoms with Crippen molar-refractivity contribution in [3.8, 4) is 0 Å². The number of carbonyl (C=O) groups is 1. The summed E-state index contributed by atoms with van der Waals surface area (Å²) >= 11 is 1.56. The van der Waals surface area contributed by atoms with Gasteiger partial charge >= 0.3 is 0 Å². The standard InChI is InChI=1S/C29H25N3OS/c1-20-17-21(2)27-25(18-20)31-29(34-27)32(19-24-15-9-10-16-30-24)28(33)26(22-11-5-3-6-12-22)23-13-7-4-8-14-23/h3-18,26H,19H2,1-2H3. The molecule has 0 aliphatic rings. The van der Waals surface area contributed by atoms with Gasteiger partial charge in [0.1, 0.15) is 0 Å². The molecule has 0 aliphatic carbocycles. The minimum atomic E-state index is -0.444. The lowest BCUT2D eigenvalue weighted by Gasteiger charge is -2.26. The quantitative estimate of drug-likeness (QED) is 0.282. The van der Waals surface area contributed by atoms with Crippen LogP contribution >= 0.6 is 11.3 Å². The van der Waals surface area contributed by atoms with E-state index in [4.69, 9.17) is 4.98 Å². The van der Waals surface area contributed by atoms with Crippen molar-refractivity contribution < 1.29 is 4.79 Å². The maximum absolute atomic E-state index is 14.3. The number of pyridine rings is 1. The molecule has 0 saturated carbocycles. The van der Waals surface area contributed by atoms with Crippen molar-refractivity contribution in [2.45, 2.75) is 26.3 Å². The van der Waals surface area contributed by atoms with Gasteiger partial charge in [0.05, 0.1) is 28.4 Å². The maximum Gasteiger partial charge on any atom is 0.241 e. The third kappa shape index (κ3) is 4.47. The number of carbonyl (C=O) groups excluding carboxylic acids is 1. The van der Waals surface area contributed by atoms with Gasteiger partial charge in [0.25, 0.3) is 0 Å². The van der Waals surface area contributed by atoms with Crippen molar-refractivity contribution in [2.75, 3.05) is 4.90 Å². The number of hydrogen-bond acceptors (Lipinski definition) is 4. The lowest BCUT2D eigenvalue weighted by Crippen LogP contribution is -2.35. The lowest BCUT2D eigenvalue weighted by atomic mass is 9.90. The average molecular weight is 464 g/mol. The molecule has 0 spiro atoms. The van der Waals surface area contributed by atoms with Crippen molar-refractivity contribution in [2.24, 2.45) is 0 Å². The van der Waals surface area contributed by atoms with Crippen LogP contribution in [0.5, 0.6) is 0 Å². The molecular formula is C29H25N3OS. The van der Waals surface area contributed by atoms with Crippen LogP contribution in [0, 0.1) is 13.8 Å². The van der Waals surface area contributed by atoms with E-state index in [-0.39, 0.29) is 5.91 Å². The first-order valence-corrected chi connectivity index (χ1v) is 12.1. The predicted octanol–water partition coefficient (Wildman–Crippen LogP) is 6.67. The number of aromatic nitrogens is 2. The molecule has 5 rings (SSSR count). The molecule has 0 radical (unpaired) electrons. The highest BCUT2D eigenvalue weighted by Gasteiger charge is 2.30. The van der Waals surface area contributed by atoms with Crippen molar-refractivity contribution in [1.82, 2.24) is 9.97 Å². The fraction of sp³-hybridized carbons (Fsp3) is 0.138. The zero-order valence-electron chi connectivity index (χ0n) is 19.2. The molecule has 2 aromatic heterocycles. The van der Waals surface area contributed by atoms with Crippen molar-refractivity contribution in [3.05, 3.63) is 125 Å². The first-order valence-electron chi connectivity index (χ1n) is 11.3. The Hall–Kier alpha value is -3.83. The van der Waals surface area contributed by atoms with Crippen LogP contribution in [0.2, 0.25) is 0 Å². The third-order valence-corrected chi connectivity index (χ3v) is 7.09. The van der Waals surface area contributed by atoms with E-state index in [1.165, 1.54) is 5.56 Å². The Morgan fingerprint density at radius 1 is 0.882 bits per heavy atom. The van der Waals surface area contributed by atoms with E-state index in [0.717, 1.165) is 32.6 Å². The van der Waals surface area contributed by atoms with Crippen LogP contribution in [-0.4, -0.2) is 15.9 Å². The number of rotatable bonds is 6. The van der Waals surface area contributed by atoms with Gasteiger partial charge in [-0.05, 0) is 54.3 Å². The van der Waals surface area contributed by atoms with Crippen LogP contribution in [0.25, 0.3) is 10.2 Å². The van der Waals surface area contributed by atoms with E-state index < -0.39 is 5.92 Å². The summed E-state index contributed by atoms with van der Waals surface area (Å²) in [6, 6.07) is 29.9. The Morgan fingerprint density at radius 2 is 1.53 bits per heavy atom. The topological polar surface area (TPSA) is 46.1 Å². The Balaban J connectivity index is 1.64. The zero-order chi connectivity index (χ0) is 23.5. The number of nitrogens with zero attached hydrogens (tertiary/aromatic N) is 3. The molecule has 3 aromatic carbocycles. The van der Waals surface area contributed by atoms with Gasteiger partial charge in [0.2, 0.25) is 5.91 Å². The van der Waals surface area contributed by atoms with Gasteiger partial charge < -0.3 is 0 Å². The molecule has 0 bridgehead atoms. The zero-order valence-corrected chi connectivity index (χ0v) is 20.0. The second-order valence-corrected chi connectivity index (χ2v) is 9.40. The lowest BCUT2D eigenvalue weighted by molar-refractivity contribution is -0.119. The summed E-state index contributed by atoms with van der Waals surface area (Å²) in [5.74, 6) is -0.461. The number of anilines is 1. The van der Waals surface area contributed by atoms with Gasteiger partial charge in [-0.15, -0.1) is 0 Å². The first kappa shape index (κ1) is 22.0. The molecule has 0 atom stereocenters. The van der Waals surface area contributed by atoms with Gasteiger partial charge in [0, 0.05) is 6.20 Å². The molecule has 1 amide bonds. The Bertz CT molecular complexity index is 1380. The van der Waals surface area contributed by atoms with E-state index in [1.807, 2.05) is 78.9 Å². The molecule has 0 unspecified atom stereocenters. The monoisotopic (exact) mass is 463 g/mol. The summed E-state index contributed by atoms with van der Waals surface area (Å²) in [4.78, 5) is 25.6. The van der Waals surface area contributed by atoms with Crippen LogP contribution in [0.1, 0.15) is 33.9 Å². The SMILES string of the molecule is Cc1cc(C)c2sc(N(Cc3ccccn3)C(=O)C(c3ccccc3)c3ccccc3)nc2c1. The molecule has 4 nitrogen and oxygen atoms in total.